The minimum absolute atomic E-state index is 0.176. The first-order valence-corrected chi connectivity index (χ1v) is 7.75. The first-order chi connectivity index (χ1) is 10.2. The number of thioether (sulfide) groups is 1. The van der Waals surface area contributed by atoms with E-state index < -0.39 is 0 Å². The number of anilines is 1. The maximum atomic E-state index is 12.4. The second-order valence-electron chi connectivity index (χ2n) is 4.14. The molecule has 0 saturated carbocycles. The molecule has 1 aromatic carbocycles. The van der Waals surface area contributed by atoms with Crippen molar-refractivity contribution in [1.82, 2.24) is 4.98 Å². The van der Waals surface area contributed by atoms with Crippen molar-refractivity contribution in [3.05, 3.63) is 46.3 Å². The molecule has 1 saturated heterocycles. The predicted molar refractivity (Wildman–Crippen MR) is 85.9 cm³/mol. The summed E-state index contributed by atoms with van der Waals surface area (Å²) in [4.78, 5) is 18.3. The lowest BCUT2D eigenvalue weighted by Crippen LogP contribution is -2.27. The molecule has 1 N–H and O–H groups in total. The molecular weight excluding hydrogens is 306 g/mol. The Bertz CT molecular complexity index is 708. The highest BCUT2D eigenvalue weighted by Crippen LogP contribution is 2.35. The van der Waals surface area contributed by atoms with E-state index in [1.165, 1.54) is 16.2 Å². The van der Waals surface area contributed by atoms with Gasteiger partial charge in [-0.1, -0.05) is 12.1 Å². The molecule has 0 radical (unpaired) electrons. The van der Waals surface area contributed by atoms with Gasteiger partial charge in [-0.2, -0.15) is 0 Å². The second kappa shape index (κ2) is 5.71. The van der Waals surface area contributed by atoms with E-state index in [4.69, 9.17) is 10.1 Å². The van der Waals surface area contributed by atoms with Crippen molar-refractivity contribution in [3.8, 4) is 5.75 Å². The van der Waals surface area contributed by atoms with E-state index in [2.05, 4.69) is 4.98 Å². The number of carbonyl (C=O) groups is 1. The van der Waals surface area contributed by atoms with E-state index >= 15 is 0 Å². The molecular formula is C14H11N3O2S2. The fraction of sp³-hybridized carbons (Fsp3) is 0.0714. The summed E-state index contributed by atoms with van der Waals surface area (Å²) >= 11 is 2.48. The van der Waals surface area contributed by atoms with Gasteiger partial charge < -0.3 is 4.74 Å². The number of amides is 1. The van der Waals surface area contributed by atoms with E-state index in [0.717, 1.165) is 23.1 Å². The Hall–Kier alpha value is -2.12. The summed E-state index contributed by atoms with van der Waals surface area (Å²) in [6, 6.07) is 7.41. The Balaban J connectivity index is 1.88. The molecule has 2 aromatic rings. The van der Waals surface area contributed by atoms with Crippen LogP contribution in [0.3, 0.4) is 0 Å². The van der Waals surface area contributed by atoms with Gasteiger partial charge in [0, 0.05) is 11.6 Å². The first-order valence-electron chi connectivity index (χ1n) is 6.05. The number of nitrogens with one attached hydrogen (secondary N) is 1. The van der Waals surface area contributed by atoms with Gasteiger partial charge in [0.25, 0.3) is 5.91 Å². The van der Waals surface area contributed by atoms with Crippen LogP contribution in [0.1, 0.15) is 5.56 Å². The average Bonchev–Trinajstić information content (AvgIpc) is 3.09. The second-order valence-corrected chi connectivity index (χ2v) is 6.05. The molecule has 1 aliphatic rings. The fourth-order valence-corrected chi connectivity index (χ4v) is 3.38. The van der Waals surface area contributed by atoms with Crippen LogP contribution in [-0.2, 0) is 4.79 Å². The summed E-state index contributed by atoms with van der Waals surface area (Å²) in [5.41, 5.74) is 0.889. The third kappa shape index (κ3) is 2.70. The average molecular weight is 317 g/mol. The number of ether oxygens (including phenoxy) is 1. The van der Waals surface area contributed by atoms with Gasteiger partial charge in [0.2, 0.25) is 0 Å². The van der Waals surface area contributed by atoms with Gasteiger partial charge in [0.15, 0.2) is 10.3 Å². The van der Waals surface area contributed by atoms with Crippen molar-refractivity contribution < 1.29 is 9.53 Å². The molecule has 1 aromatic heterocycles. The van der Waals surface area contributed by atoms with Gasteiger partial charge in [-0.15, -0.1) is 11.3 Å². The summed E-state index contributed by atoms with van der Waals surface area (Å²) in [7, 11) is 1.61. The maximum absolute atomic E-state index is 12.4. The molecule has 0 spiro atoms. The van der Waals surface area contributed by atoms with Crippen LogP contribution in [0.15, 0.2) is 40.7 Å². The van der Waals surface area contributed by atoms with Crippen molar-refractivity contribution in [2.75, 3.05) is 12.0 Å². The normalized spacial score (nSPS) is 16.8. The molecule has 7 heteroatoms. The minimum Gasteiger partial charge on any atom is -0.497 e. The number of amidine groups is 1. The number of nitrogens with zero attached hydrogens (tertiary/aromatic N) is 2. The molecule has 1 aliphatic heterocycles. The highest BCUT2D eigenvalue weighted by molar-refractivity contribution is 8.19. The summed E-state index contributed by atoms with van der Waals surface area (Å²) in [6.07, 6.45) is 3.39. The van der Waals surface area contributed by atoms with Crippen LogP contribution in [0, 0.1) is 5.41 Å². The number of hydrogen-bond acceptors (Lipinski definition) is 6. The smallest absolute Gasteiger partial charge is 0.273 e. The minimum atomic E-state index is -0.212. The zero-order valence-corrected chi connectivity index (χ0v) is 12.7. The Kier molecular flexibility index (Phi) is 3.76. The van der Waals surface area contributed by atoms with Crippen LogP contribution in [-0.4, -0.2) is 23.2 Å². The Morgan fingerprint density at radius 3 is 2.71 bits per heavy atom. The van der Waals surface area contributed by atoms with E-state index in [-0.39, 0.29) is 11.1 Å². The number of aromatic nitrogens is 1. The molecule has 0 aliphatic carbocycles. The number of hydrogen-bond donors (Lipinski definition) is 1. The molecule has 0 unspecified atom stereocenters. The summed E-state index contributed by atoms with van der Waals surface area (Å²) in [5.74, 6) is 0.551. The number of carbonyl (C=O) groups excluding carboxylic acids is 1. The van der Waals surface area contributed by atoms with E-state index in [1.54, 1.807) is 24.8 Å². The van der Waals surface area contributed by atoms with E-state index in [9.17, 15) is 4.79 Å². The number of thiazole rings is 1. The van der Waals surface area contributed by atoms with Gasteiger partial charge in [0.05, 0.1) is 12.0 Å². The fourth-order valence-electron chi connectivity index (χ4n) is 1.84. The van der Waals surface area contributed by atoms with Gasteiger partial charge in [-0.3, -0.25) is 10.2 Å². The standard InChI is InChI=1S/C14H11N3O2S2/c1-19-10-4-2-9(3-5-10)8-11-12(18)17(13(15)21-11)14-16-6-7-20-14/h2-8,15H,1H3/b11-8-,15-13?. The number of methoxy groups -OCH3 is 1. The molecule has 0 atom stereocenters. The molecule has 3 rings (SSSR count). The Morgan fingerprint density at radius 1 is 1.33 bits per heavy atom. The topological polar surface area (TPSA) is 66.3 Å². The van der Waals surface area contributed by atoms with E-state index in [0.29, 0.717) is 10.0 Å². The molecule has 0 bridgehead atoms. The lowest BCUT2D eigenvalue weighted by Gasteiger charge is -2.08. The monoisotopic (exact) mass is 317 g/mol. The van der Waals surface area contributed by atoms with Crippen LogP contribution >= 0.6 is 23.1 Å². The van der Waals surface area contributed by atoms with Crippen LogP contribution in [0.4, 0.5) is 5.13 Å². The van der Waals surface area contributed by atoms with Gasteiger partial charge in [0.1, 0.15) is 5.75 Å². The van der Waals surface area contributed by atoms with Crippen molar-refractivity contribution in [1.29, 1.82) is 5.41 Å². The van der Waals surface area contributed by atoms with Crippen LogP contribution in [0.2, 0.25) is 0 Å². The van der Waals surface area contributed by atoms with Crippen LogP contribution in [0.25, 0.3) is 6.08 Å². The molecule has 2 heterocycles. The molecule has 21 heavy (non-hydrogen) atoms. The number of rotatable bonds is 3. The summed E-state index contributed by atoms with van der Waals surface area (Å²) in [5, 5.41) is 10.4. The highest BCUT2D eigenvalue weighted by Gasteiger charge is 2.34. The third-order valence-electron chi connectivity index (χ3n) is 2.85. The van der Waals surface area contributed by atoms with Crippen molar-refractivity contribution in [2.24, 2.45) is 0 Å². The maximum Gasteiger partial charge on any atom is 0.273 e. The van der Waals surface area contributed by atoms with Gasteiger partial charge >= 0.3 is 0 Å². The lowest BCUT2D eigenvalue weighted by atomic mass is 10.2. The third-order valence-corrected chi connectivity index (χ3v) is 4.49. The largest absolute Gasteiger partial charge is 0.497 e. The van der Waals surface area contributed by atoms with Crippen LogP contribution in [0.5, 0.6) is 5.75 Å². The Labute approximate surface area is 129 Å². The summed E-state index contributed by atoms with van der Waals surface area (Å²) in [6.45, 7) is 0. The number of benzene rings is 1. The zero-order valence-electron chi connectivity index (χ0n) is 11.1. The van der Waals surface area contributed by atoms with Crippen molar-refractivity contribution in [3.63, 3.8) is 0 Å². The Morgan fingerprint density at radius 2 is 2.10 bits per heavy atom. The lowest BCUT2D eigenvalue weighted by molar-refractivity contribution is -0.113. The van der Waals surface area contributed by atoms with Crippen LogP contribution < -0.4 is 9.64 Å². The molecule has 5 nitrogen and oxygen atoms in total. The van der Waals surface area contributed by atoms with Gasteiger partial charge in [-0.05, 0) is 35.5 Å². The van der Waals surface area contributed by atoms with Crippen molar-refractivity contribution >= 4 is 45.4 Å². The quantitative estimate of drug-likeness (QED) is 0.883. The first kappa shape index (κ1) is 13.8. The molecule has 1 amide bonds. The van der Waals surface area contributed by atoms with Crippen molar-refractivity contribution in [2.45, 2.75) is 0 Å². The highest BCUT2D eigenvalue weighted by atomic mass is 32.2. The van der Waals surface area contributed by atoms with Gasteiger partial charge in [-0.25, -0.2) is 9.88 Å². The molecule has 106 valence electrons. The summed E-state index contributed by atoms with van der Waals surface area (Å²) < 4.78 is 5.10. The SMILES string of the molecule is COc1ccc(/C=C2\SC(=N)N(c3nccs3)C2=O)cc1. The predicted octanol–water partition coefficient (Wildman–Crippen LogP) is 3.21. The zero-order chi connectivity index (χ0) is 14.8. The molecule has 1 fully saturated rings. The van der Waals surface area contributed by atoms with E-state index in [1.807, 2.05) is 24.3 Å².